The Kier molecular flexibility index (Phi) is 6.88. The van der Waals surface area contributed by atoms with E-state index in [0.29, 0.717) is 17.9 Å². The van der Waals surface area contributed by atoms with Crippen LogP contribution in [0.4, 0.5) is 5.69 Å². The van der Waals surface area contributed by atoms with Gasteiger partial charge in [-0.2, -0.15) is 0 Å². The quantitative estimate of drug-likeness (QED) is 0.458. The SMILES string of the molecule is COC(=O)CC=N[C@@H](Cc1ccc(OC)c(N)c1)C(=O)OC. The summed E-state index contributed by atoms with van der Waals surface area (Å²) in [7, 11) is 4.10. The highest BCUT2D eigenvalue weighted by Gasteiger charge is 2.18. The highest BCUT2D eigenvalue weighted by Crippen LogP contribution is 2.23. The van der Waals surface area contributed by atoms with E-state index in [1.54, 1.807) is 18.2 Å². The Morgan fingerprint density at radius 1 is 1.27 bits per heavy atom. The zero-order valence-electron chi connectivity index (χ0n) is 12.9. The van der Waals surface area contributed by atoms with Crippen LogP contribution in [0.25, 0.3) is 0 Å². The zero-order chi connectivity index (χ0) is 16.5. The molecule has 0 unspecified atom stereocenters. The van der Waals surface area contributed by atoms with Gasteiger partial charge in [0.15, 0.2) is 6.04 Å². The molecule has 1 rings (SSSR count). The number of aliphatic imine (C=N–C) groups is 1. The predicted octanol–water partition coefficient (Wildman–Crippen LogP) is 0.995. The number of methoxy groups -OCH3 is 3. The molecule has 1 aromatic carbocycles. The van der Waals surface area contributed by atoms with E-state index in [0.717, 1.165) is 5.56 Å². The number of esters is 2. The lowest BCUT2D eigenvalue weighted by Crippen LogP contribution is -2.23. The maximum atomic E-state index is 11.8. The fourth-order valence-electron chi connectivity index (χ4n) is 1.80. The topological polar surface area (TPSA) is 100 Å². The number of anilines is 1. The van der Waals surface area contributed by atoms with Crippen LogP contribution in [-0.2, 0) is 25.5 Å². The van der Waals surface area contributed by atoms with Crippen LogP contribution in [0.1, 0.15) is 12.0 Å². The Balaban J connectivity index is 2.83. The molecule has 0 aromatic heterocycles. The zero-order valence-corrected chi connectivity index (χ0v) is 12.9. The lowest BCUT2D eigenvalue weighted by atomic mass is 10.1. The Bertz CT molecular complexity index is 557. The third-order valence-electron chi connectivity index (χ3n) is 2.97. The number of carbonyl (C=O) groups excluding carboxylic acids is 2. The predicted molar refractivity (Wildman–Crippen MR) is 82.0 cm³/mol. The van der Waals surface area contributed by atoms with E-state index in [1.165, 1.54) is 27.5 Å². The van der Waals surface area contributed by atoms with Gasteiger partial charge in [0.05, 0.1) is 33.4 Å². The normalized spacial score (nSPS) is 12.0. The van der Waals surface area contributed by atoms with Gasteiger partial charge in [0, 0.05) is 12.6 Å². The maximum Gasteiger partial charge on any atom is 0.330 e. The molecule has 7 nitrogen and oxygen atoms in total. The minimum absolute atomic E-state index is 0.00521. The van der Waals surface area contributed by atoms with Gasteiger partial charge in [-0.25, -0.2) is 4.79 Å². The summed E-state index contributed by atoms with van der Waals surface area (Å²) in [6, 6.07) is 4.48. The molecule has 0 aliphatic carbocycles. The lowest BCUT2D eigenvalue weighted by molar-refractivity contribution is -0.142. The molecule has 120 valence electrons. The van der Waals surface area contributed by atoms with Crippen LogP contribution in [-0.4, -0.2) is 45.5 Å². The molecule has 22 heavy (non-hydrogen) atoms. The monoisotopic (exact) mass is 308 g/mol. The molecule has 0 spiro atoms. The molecule has 0 bridgehead atoms. The fraction of sp³-hybridized carbons (Fsp3) is 0.400. The van der Waals surface area contributed by atoms with Crippen molar-refractivity contribution in [1.29, 1.82) is 0 Å². The minimum Gasteiger partial charge on any atom is -0.495 e. The van der Waals surface area contributed by atoms with Crippen LogP contribution in [0.15, 0.2) is 23.2 Å². The van der Waals surface area contributed by atoms with Gasteiger partial charge in [-0.3, -0.25) is 9.79 Å². The minimum atomic E-state index is -0.748. The Labute approximate surface area is 129 Å². The van der Waals surface area contributed by atoms with Crippen molar-refractivity contribution in [2.75, 3.05) is 27.1 Å². The van der Waals surface area contributed by atoms with Gasteiger partial charge in [0.25, 0.3) is 0 Å². The van der Waals surface area contributed by atoms with Gasteiger partial charge in [0.1, 0.15) is 5.75 Å². The van der Waals surface area contributed by atoms with E-state index < -0.39 is 18.0 Å². The van der Waals surface area contributed by atoms with Crippen LogP contribution < -0.4 is 10.5 Å². The summed E-state index contributed by atoms with van der Waals surface area (Å²) in [5.74, 6) is -0.357. The van der Waals surface area contributed by atoms with Crippen molar-refractivity contribution < 1.29 is 23.8 Å². The first kappa shape index (κ1) is 17.5. The molecule has 0 aliphatic rings. The van der Waals surface area contributed by atoms with Crippen molar-refractivity contribution >= 4 is 23.8 Å². The molecule has 0 amide bonds. The standard InChI is InChI=1S/C15H20N2O5/c1-20-13-5-4-10(8-11(13)16)9-12(15(19)22-3)17-7-6-14(18)21-2/h4-5,7-8,12H,6,9,16H2,1-3H3/t12-/m0/s1. The summed E-state index contributed by atoms with van der Waals surface area (Å²) < 4.78 is 14.3. The number of ether oxygens (including phenoxy) is 3. The summed E-state index contributed by atoms with van der Waals surface area (Å²) >= 11 is 0. The van der Waals surface area contributed by atoms with Crippen LogP contribution in [0.5, 0.6) is 5.75 Å². The van der Waals surface area contributed by atoms with Crippen molar-refractivity contribution in [3.05, 3.63) is 23.8 Å². The summed E-state index contributed by atoms with van der Waals surface area (Å²) in [5.41, 5.74) is 7.12. The molecule has 7 heteroatoms. The van der Waals surface area contributed by atoms with E-state index >= 15 is 0 Å². The number of nitrogens with zero attached hydrogens (tertiary/aromatic N) is 1. The van der Waals surface area contributed by atoms with Crippen molar-refractivity contribution in [3.63, 3.8) is 0 Å². The first-order valence-electron chi connectivity index (χ1n) is 6.60. The Hall–Kier alpha value is -2.57. The van der Waals surface area contributed by atoms with E-state index in [-0.39, 0.29) is 6.42 Å². The molecule has 0 fully saturated rings. The molecule has 0 saturated heterocycles. The summed E-state index contributed by atoms with van der Waals surface area (Å²) in [6.45, 7) is 0. The molecule has 2 N–H and O–H groups in total. The molecule has 0 heterocycles. The Morgan fingerprint density at radius 3 is 2.55 bits per heavy atom. The van der Waals surface area contributed by atoms with Gasteiger partial charge in [0.2, 0.25) is 0 Å². The second-order valence-electron chi connectivity index (χ2n) is 4.43. The third kappa shape index (κ3) is 5.08. The highest BCUT2D eigenvalue weighted by atomic mass is 16.5. The van der Waals surface area contributed by atoms with Crippen LogP contribution in [0.3, 0.4) is 0 Å². The van der Waals surface area contributed by atoms with Crippen molar-refractivity contribution in [3.8, 4) is 5.75 Å². The van der Waals surface area contributed by atoms with Gasteiger partial charge in [-0.15, -0.1) is 0 Å². The van der Waals surface area contributed by atoms with Crippen molar-refractivity contribution in [2.24, 2.45) is 4.99 Å². The first-order chi connectivity index (χ1) is 10.5. The van der Waals surface area contributed by atoms with Crippen LogP contribution in [0, 0.1) is 0 Å². The van der Waals surface area contributed by atoms with E-state index in [4.69, 9.17) is 15.2 Å². The fourth-order valence-corrected chi connectivity index (χ4v) is 1.80. The van der Waals surface area contributed by atoms with Gasteiger partial charge >= 0.3 is 11.9 Å². The largest absolute Gasteiger partial charge is 0.495 e. The van der Waals surface area contributed by atoms with Gasteiger partial charge in [-0.05, 0) is 17.7 Å². The van der Waals surface area contributed by atoms with Gasteiger partial charge < -0.3 is 19.9 Å². The second-order valence-corrected chi connectivity index (χ2v) is 4.43. The van der Waals surface area contributed by atoms with E-state index in [2.05, 4.69) is 9.73 Å². The average molecular weight is 308 g/mol. The summed E-state index contributed by atoms with van der Waals surface area (Å²) in [6.07, 6.45) is 1.65. The van der Waals surface area contributed by atoms with Crippen molar-refractivity contribution in [1.82, 2.24) is 0 Å². The summed E-state index contributed by atoms with van der Waals surface area (Å²) in [5, 5.41) is 0. The molecular weight excluding hydrogens is 288 g/mol. The number of hydrogen-bond acceptors (Lipinski definition) is 7. The molecule has 0 saturated carbocycles. The highest BCUT2D eigenvalue weighted by molar-refractivity contribution is 5.87. The van der Waals surface area contributed by atoms with Crippen LogP contribution >= 0.6 is 0 Å². The Morgan fingerprint density at radius 2 is 2.00 bits per heavy atom. The summed E-state index contributed by atoms with van der Waals surface area (Å²) in [4.78, 5) is 26.9. The number of benzene rings is 1. The van der Waals surface area contributed by atoms with Gasteiger partial charge in [-0.1, -0.05) is 6.07 Å². The molecule has 1 atom stereocenters. The molecule has 1 aromatic rings. The molecule has 0 radical (unpaired) electrons. The number of nitrogens with two attached hydrogens (primary N) is 1. The molecule has 0 aliphatic heterocycles. The van der Waals surface area contributed by atoms with Crippen molar-refractivity contribution in [2.45, 2.75) is 18.9 Å². The second kappa shape index (κ2) is 8.66. The smallest absolute Gasteiger partial charge is 0.330 e. The third-order valence-corrected chi connectivity index (χ3v) is 2.97. The van der Waals surface area contributed by atoms with Crippen LogP contribution in [0.2, 0.25) is 0 Å². The number of carbonyl (C=O) groups is 2. The maximum absolute atomic E-state index is 11.8. The van der Waals surface area contributed by atoms with E-state index in [1.807, 2.05) is 0 Å². The molecular formula is C15H20N2O5. The number of nitrogen functional groups attached to an aromatic ring is 1. The first-order valence-corrected chi connectivity index (χ1v) is 6.60. The number of hydrogen-bond donors (Lipinski definition) is 1. The number of rotatable bonds is 7. The lowest BCUT2D eigenvalue weighted by Gasteiger charge is -2.12. The average Bonchev–Trinajstić information content (AvgIpc) is 2.53. The van der Waals surface area contributed by atoms with E-state index in [9.17, 15) is 9.59 Å².